The summed E-state index contributed by atoms with van der Waals surface area (Å²) in [6.45, 7) is 1.75. The lowest BCUT2D eigenvalue weighted by Crippen LogP contribution is -2.02. The lowest BCUT2D eigenvalue weighted by molar-refractivity contribution is 0.0696. The Hall–Kier alpha value is -2.27. The molecule has 2 nitrogen and oxygen atoms in total. The van der Waals surface area contributed by atoms with Crippen molar-refractivity contribution >= 4 is 16.7 Å². The number of rotatable bonds is 2. The van der Waals surface area contributed by atoms with Crippen LogP contribution >= 0.6 is 0 Å². The van der Waals surface area contributed by atoms with Crippen LogP contribution in [-0.4, -0.2) is 11.1 Å². The highest BCUT2D eigenvalue weighted by Crippen LogP contribution is 2.20. The maximum absolute atomic E-state index is 11.2. The van der Waals surface area contributed by atoms with Gasteiger partial charge >= 0.3 is 5.97 Å². The van der Waals surface area contributed by atoms with E-state index in [0.29, 0.717) is 12.0 Å². The molecule has 2 aromatic rings. The normalized spacial score (nSPS) is 9.71. The van der Waals surface area contributed by atoms with Crippen molar-refractivity contribution in [3.8, 4) is 11.8 Å². The molecule has 0 radical (unpaired) electrons. The summed E-state index contributed by atoms with van der Waals surface area (Å²) < 4.78 is 0. The summed E-state index contributed by atoms with van der Waals surface area (Å²) >= 11 is 0. The Morgan fingerprint density at radius 3 is 2.47 bits per heavy atom. The third-order valence-electron chi connectivity index (χ3n) is 2.66. The van der Waals surface area contributed by atoms with E-state index >= 15 is 0 Å². The minimum atomic E-state index is -0.899. The number of aromatic carboxylic acids is 1. The fraction of sp³-hybridized carbons (Fsp3) is 0.133. The van der Waals surface area contributed by atoms with Crippen LogP contribution in [0, 0.1) is 11.8 Å². The molecule has 0 spiro atoms. The Bertz CT molecular complexity index is 630. The Labute approximate surface area is 99.9 Å². The van der Waals surface area contributed by atoms with E-state index in [1.54, 1.807) is 13.0 Å². The number of carbonyl (C=O) groups is 1. The minimum absolute atomic E-state index is 0.339. The molecule has 0 bridgehead atoms. The van der Waals surface area contributed by atoms with E-state index in [4.69, 9.17) is 0 Å². The summed E-state index contributed by atoms with van der Waals surface area (Å²) in [6.07, 6.45) is 0.475. The van der Waals surface area contributed by atoms with Crippen LogP contribution < -0.4 is 0 Å². The third-order valence-corrected chi connectivity index (χ3v) is 2.66. The van der Waals surface area contributed by atoms with Gasteiger partial charge in [-0.1, -0.05) is 30.2 Å². The third kappa shape index (κ3) is 2.29. The first-order chi connectivity index (χ1) is 8.22. The van der Waals surface area contributed by atoms with Gasteiger partial charge < -0.3 is 5.11 Å². The molecule has 2 heteroatoms. The van der Waals surface area contributed by atoms with Crippen molar-refractivity contribution in [2.24, 2.45) is 0 Å². The van der Waals surface area contributed by atoms with Crippen LogP contribution in [-0.2, 0) is 6.42 Å². The lowest BCUT2D eigenvalue weighted by atomic mass is 9.99. The molecule has 1 N–H and O–H groups in total. The predicted octanol–water partition coefficient (Wildman–Crippen LogP) is 3.10. The van der Waals surface area contributed by atoms with E-state index in [1.807, 2.05) is 30.3 Å². The Kier molecular flexibility index (Phi) is 3.11. The SMILES string of the molecule is CC#CCc1cc2ccccc2cc1C(=O)O. The number of hydrogen-bond donors (Lipinski definition) is 1. The van der Waals surface area contributed by atoms with Crippen molar-refractivity contribution in [3.05, 3.63) is 47.5 Å². The highest BCUT2D eigenvalue weighted by Gasteiger charge is 2.10. The van der Waals surface area contributed by atoms with Gasteiger partial charge in [-0.3, -0.25) is 0 Å². The quantitative estimate of drug-likeness (QED) is 0.796. The van der Waals surface area contributed by atoms with E-state index in [9.17, 15) is 9.90 Å². The molecule has 0 amide bonds. The second-order valence-electron chi connectivity index (χ2n) is 3.77. The number of benzene rings is 2. The predicted molar refractivity (Wildman–Crippen MR) is 68.1 cm³/mol. The summed E-state index contributed by atoms with van der Waals surface area (Å²) in [5.41, 5.74) is 1.11. The van der Waals surface area contributed by atoms with Gasteiger partial charge in [-0.2, -0.15) is 0 Å². The van der Waals surface area contributed by atoms with Gasteiger partial charge in [0.15, 0.2) is 0 Å². The number of carboxylic acids is 1. The minimum Gasteiger partial charge on any atom is -0.478 e. The van der Waals surface area contributed by atoms with Crippen molar-refractivity contribution in [3.63, 3.8) is 0 Å². The highest BCUT2D eigenvalue weighted by molar-refractivity contribution is 5.96. The highest BCUT2D eigenvalue weighted by atomic mass is 16.4. The summed E-state index contributed by atoms with van der Waals surface area (Å²) in [6, 6.07) is 11.4. The van der Waals surface area contributed by atoms with Crippen LogP contribution in [0.3, 0.4) is 0 Å². The standard InChI is InChI=1S/C15H12O2/c1-2-3-6-13-9-11-7-4-5-8-12(11)10-14(13)15(16)17/h4-5,7-10H,6H2,1H3,(H,16,17). The maximum Gasteiger partial charge on any atom is 0.336 e. The summed E-state index contributed by atoms with van der Waals surface area (Å²) in [5.74, 6) is 4.80. The zero-order valence-electron chi connectivity index (χ0n) is 9.53. The number of hydrogen-bond acceptors (Lipinski definition) is 1. The van der Waals surface area contributed by atoms with Crippen molar-refractivity contribution in [1.29, 1.82) is 0 Å². The Morgan fingerprint density at radius 2 is 1.88 bits per heavy atom. The molecule has 17 heavy (non-hydrogen) atoms. The zero-order chi connectivity index (χ0) is 12.3. The second kappa shape index (κ2) is 4.71. The number of carboxylic acid groups (broad SMARTS) is 1. The van der Waals surface area contributed by atoms with E-state index in [0.717, 1.165) is 16.3 Å². The average molecular weight is 224 g/mol. The van der Waals surface area contributed by atoms with Gasteiger partial charge in [-0.15, -0.1) is 5.92 Å². The Morgan fingerprint density at radius 1 is 1.24 bits per heavy atom. The molecule has 0 aromatic heterocycles. The first-order valence-electron chi connectivity index (χ1n) is 5.37. The van der Waals surface area contributed by atoms with Gasteiger partial charge in [0.2, 0.25) is 0 Å². The molecule has 0 aliphatic heterocycles. The maximum atomic E-state index is 11.2. The smallest absolute Gasteiger partial charge is 0.336 e. The number of fused-ring (bicyclic) bond motifs is 1. The second-order valence-corrected chi connectivity index (χ2v) is 3.77. The summed E-state index contributed by atoms with van der Waals surface area (Å²) in [7, 11) is 0. The summed E-state index contributed by atoms with van der Waals surface area (Å²) in [4.78, 5) is 11.2. The molecule has 0 unspecified atom stereocenters. The van der Waals surface area contributed by atoms with Gasteiger partial charge in [0, 0.05) is 6.42 Å². The molecule has 0 saturated carbocycles. The van der Waals surface area contributed by atoms with Crippen LogP contribution in [0.15, 0.2) is 36.4 Å². The van der Waals surface area contributed by atoms with Crippen molar-refractivity contribution in [2.45, 2.75) is 13.3 Å². The fourth-order valence-corrected chi connectivity index (χ4v) is 1.82. The van der Waals surface area contributed by atoms with Gasteiger partial charge in [0.25, 0.3) is 0 Å². The molecular weight excluding hydrogens is 212 g/mol. The Balaban J connectivity index is 2.64. The molecule has 84 valence electrons. The van der Waals surface area contributed by atoms with Crippen LogP contribution in [0.5, 0.6) is 0 Å². The largest absolute Gasteiger partial charge is 0.478 e. The summed E-state index contributed by atoms with van der Waals surface area (Å²) in [5, 5.41) is 11.2. The average Bonchev–Trinajstić information content (AvgIpc) is 2.35. The molecule has 0 saturated heterocycles. The van der Waals surface area contributed by atoms with E-state index in [1.165, 1.54) is 0 Å². The molecule has 0 atom stereocenters. The molecule has 0 aliphatic carbocycles. The molecular formula is C15H12O2. The van der Waals surface area contributed by atoms with E-state index in [2.05, 4.69) is 11.8 Å². The van der Waals surface area contributed by atoms with Crippen LogP contribution in [0.25, 0.3) is 10.8 Å². The lowest BCUT2D eigenvalue weighted by Gasteiger charge is -2.05. The first-order valence-corrected chi connectivity index (χ1v) is 5.37. The monoisotopic (exact) mass is 224 g/mol. The molecule has 2 aromatic carbocycles. The molecule has 2 rings (SSSR count). The van der Waals surface area contributed by atoms with Gasteiger partial charge in [-0.05, 0) is 35.4 Å². The van der Waals surface area contributed by atoms with Crippen molar-refractivity contribution in [1.82, 2.24) is 0 Å². The zero-order valence-corrected chi connectivity index (χ0v) is 9.53. The van der Waals surface area contributed by atoms with E-state index in [-0.39, 0.29) is 0 Å². The van der Waals surface area contributed by atoms with Gasteiger partial charge in [-0.25, -0.2) is 4.79 Å². The molecule has 0 heterocycles. The topological polar surface area (TPSA) is 37.3 Å². The van der Waals surface area contributed by atoms with Crippen LogP contribution in [0.1, 0.15) is 22.8 Å². The van der Waals surface area contributed by atoms with Crippen LogP contribution in [0.4, 0.5) is 0 Å². The van der Waals surface area contributed by atoms with Crippen molar-refractivity contribution in [2.75, 3.05) is 0 Å². The van der Waals surface area contributed by atoms with E-state index < -0.39 is 5.97 Å². The van der Waals surface area contributed by atoms with Gasteiger partial charge in [0.1, 0.15) is 0 Å². The fourth-order valence-electron chi connectivity index (χ4n) is 1.82. The molecule has 0 fully saturated rings. The van der Waals surface area contributed by atoms with Crippen molar-refractivity contribution < 1.29 is 9.90 Å². The van der Waals surface area contributed by atoms with Crippen LogP contribution in [0.2, 0.25) is 0 Å². The first kappa shape index (κ1) is 11.2. The van der Waals surface area contributed by atoms with Gasteiger partial charge in [0.05, 0.1) is 5.56 Å². The molecule has 0 aliphatic rings.